The predicted molar refractivity (Wildman–Crippen MR) is 68.2 cm³/mol. The highest BCUT2D eigenvalue weighted by Crippen LogP contribution is 2.24. The fourth-order valence-corrected chi connectivity index (χ4v) is 2.21. The zero-order chi connectivity index (χ0) is 13.0. The molecule has 1 heterocycles. The molecule has 0 bridgehead atoms. The summed E-state index contributed by atoms with van der Waals surface area (Å²) < 4.78 is 11.1. The summed E-state index contributed by atoms with van der Waals surface area (Å²) in [6.07, 6.45) is 5.33. The van der Waals surface area contributed by atoms with Gasteiger partial charge in [-0.15, -0.1) is 0 Å². The minimum absolute atomic E-state index is 0.237. The third kappa shape index (κ3) is 3.93. The molecule has 1 saturated carbocycles. The Morgan fingerprint density at radius 1 is 1.50 bits per heavy atom. The third-order valence-electron chi connectivity index (χ3n) is 3.72. The number of amides is 1. The molecule has 2 fully saturated rings. The lowest BCUT2D eigenvalue weighted by atomic mass is 9.97. The van der Waals surface area contributed by atoms with Crippen LogP contribution in [-0.2, 0) is 14.3 Å². The Kier molecular flexibility index (Phi) is 4.59. The molecule has 3 N–H and O–H groups in total. The topological polar surface area (TPSA) is 73.6 Å². The van der Waals surface area contributed by atoms with E-state index in [1.54, 1.807) is 0 Å². The van der Waals surface area contributed by atoms with E-state index < -0.39 is 5.54 Å². The van der Waals surface area contributed by atoms with Crippen LogP contribution in [-0.4, -0.2) is 43.4 Å². The highest BCUT2D eigenvalue weighted by atomic mass is 16.5. The van der Waals surface area contributed by atoms with Crippen LogP contribution >= 0.6 is 0 Å². The fourth-order valence-electron chi connectivity index (χ4n) is 2.21. The summed E-state index contributed by atoms with van der Waals surface area (Å²) in [5.74, 6) is -0.296. The van der Waals surface area contributed by atoms with Crippen molar-refractivity contribution in [1.82, 2.24) is 5.32 Å². The first kappa shape index (κ1) is 13.8. The molecule has 104 valence electrons. The maximum absolute atomic E-state index is 11.5. The fraction of sp³-hybridized carbons (Fsp3) is 0.923. The molecule has 2 rings (SSSR count). The van der Waals surface area contributed by atoms with Crippen LogP contribution in [0.4, 0.5) is 0 Å². The number of carbonyl (C=O) groups excluding carboxylic acids is 1. The third-order valence-corrected chi connectivity index (χ3v) is 3.72. The second-order valence-electron chi connectivity index (χ2n) is 5.57. The molecule has 5 nitrogen and oxygen atoms in total. The minimum atomic E-state index is -0.641. The van der Waals surface area contributed by atoms with Gasteiger partial charge in [0.25, 0.3) is 0 Å². The van der Waals surface area contributed by atoms with Crippen LogP contribution < -0.4 is 11.1 Å². The van der Waals surface area contributed by atoms with Crippen molar-refractivity contribution in [1.29, 1.82) is 0 Å². The quantitative estimate of drug-likeness (QED) is 0.623. The zero-order valence-corrected chi connectivity index (χ0v) is 11.1. The van der Waals surface area contributed by atoms with Gasteiger partial charge in [0.15, 0.2) is 0 Å². The normalized spacial score (nSPS) is 27.1. The van der Waals surface area contributed by atoms with E-state index in [1.807, 2.05) is 6.92 Å². The molecule has 2 aliphatic rings. The SMILES string of the molecule is CC(CCOCC1CCCO1)(NC1CC1)C(N)=O. The minimum Gasteiger partial charge on any atom is -0.379 e. The van der Waals surface area contributed by atoms with Gasteiger partial charge < -0.3 is 20.5 Å². The first-order chi connectivity index (χ1) is 8.60. The molecule has 1 aliphatic heterocycles. The molecular formula is C13H24N2O3. The van der Waals surface area contributed by atoms with Crippen LogP contribution in [0.15, 0.2) is 0 Å². The number of nitrogens with one attached hydrogen (secondary N) is 1. The van der Waals surface area contributed by atoms with Crippen LogP contribution in [0.5, 0.6) is 0 Å². The predicted octanol–water partition coefficient (Wildman–Crippen LogP) is 0.568. The van der Waals surface area contributed by atoms with Gasteiger partial charge in [0.05, 0.1) is 18.2 Å². The van der Waals surface area contributed by atoms with Gasteiger partial charge >= 0.3 is 0 Å². The summed E-state index contributed by atoms with van der Waals surface area (Å²) in [6.45, 7) is 3.87. The standard InChI is InChI=1S/C13H24N2O3/c1-13(12(14)16,15-10-4-5-10)6-8-17-9-11-3-2-7-18-11/h10-11,15H,2-9H2,1H3,(H2,14,16). The number of rotatable bonds is 8. The van der Waals surface area contributed by atoms with Crippen molar-refractivity contribution < 1.29 is 14.3 Å². The lowest BCUT2D eigenvalue weighted by molar-refractivity contribution is -0.124. The molecule has 0 radical (unpaired) electrons. The molecule has 5 heteroatoms. The summed E-state index contributed by atoms with van der Waals surface area (Å²) in [7, 11) is 0. The van der Waals surface area contributed by atoms with Gasteiger partial charge in [0, 0.05) is 19.3 Å². The van der Waals surface area contributed by atoms with Crippen LogP contribution in [0.25, 0.3) is 0 Å². The molecular weight excluding hydrogens is 232 g/mol. The molecule has 1 saturated heterocycles. The van der Waals surface area contributed by atoms with Crippen LogP contribution in [0.1, 0.15) is 39.0 Å². The highest BCUT2D eigenvalue weighted by molar-refractivity contribution is 5.84. The number of ether oxygens (including phenoxy) is 2. The molecule has 0 aromatic heterocycles. The van der Waals surface area contributed by atoms with E-state index in [0.29, 0.717) is 25.7 Å². The summed E-state index contributed by atoms with van der Waals surface area (Å²) in [5.41, 5.74) is 4.83. The van der Waals surface area contributed by atoms with Gasteiger partial charge in [-0.1, -0.05) is 0 Å². The largest absolute Gasteiger partial charge is 0.379 e. The van der Waals surface area contributed by atoms with Gasteiger partial charge in [0.1, 0.15) is 0 Å². The average Bonchev–Trinajstić information content (AvgIpc) is 2.97. The Morgan fingerprint density at radius 3 is 2.83 bits per heavy atom. The molecule has 0 spiro atoms. The van der Waals surface area contributed by atoms with Crippen molar-refractivity contribution in [2.45, 2.75) is 56.7 Å². The van der Waals surface area contributed by atoms with Gasteiger partial charge in [-0.05, 0) is 39.0 Å². The first-order valence-electron chi connectivity index (χ1n) is 6.87. The molecule has 2 unspecified atom stereocenters. The molecule has 0 aromatic rings. The van der Waals surface area contributed by atoms with Crippen LogP contribution in [0.2, 0.25) is 0 Å². The Balaban J connectivity index is 1.66. The molecule has 18 heavy (non-hydrogen) atoms. The Hall–Kier alpha value is -0.650. The van der Waals surface area contributed by atoms with Crippen LogP contribution in [0.3, 0.4) is 0 Å². The highest BCUT2D eigenvalue weighted by Gasteiger charge is 2.36. The number of primary amides is 1. The number of hydrogen-bond donors (Lipinski definition) is 2. The maximum atomic E-state index is 11.5. The monoisotopic (exact) mass is 256 g/mol. The number of nitrogens with two attached hydrogens (primary N) is 1. The zero-order valence-electron chi connectivity index (χ0n) is 11.1. The molecule has 1 aliphatic carbocycles. The summed E-state index contributed by atoms with van der Waals surface area (Å²) >= 11 is 0. The lowest BCUT2D eigenvalue weighted by Gasteiger charge is -2.27. The second-order valence-corrected chi connectivity index (χ2v) is 5.57. The van der Waals surface area contributed by atoms with E-state index >= 15 is 0 Å². The van der Waals surface area contributed by atoms with E-state index in [4.69, 9.17) is 15.2 Å². The Bertz CT molecular complexity index is 288. The van der Waals surface area contributed by atoms with E-state index in [9.17, 15) is 4.79 Å². The number of hydrogen-bond acceptors (Lipinski definition) is 4. The average molecular weight is 256 g/mol. The van der Waals surface area contributed by atoms with Gasteiger partial charge in [-0.2, -0.15) is 0 Å². The van der Waals surface area contributed by atoms with E-state index in [0.717, 1.165) is 32.3 Å². The van der Waals surface area contributed by atoms with Crippen molar-refractivity contribution in [3.8, 4) is 0 Å². The summed E-state index contributed by atoms with van der Waals surface area (Å²) in [6, 6.07) is 0.459. The van der Waals surface area contributed by atoms with Crippen molar-refractivity contribution in [3.63, 3.8) is 0 Å². The summed E-state index contributed by atoms with van der Waals surface area (Å²) in [5, 5.41) is 3.31. The van der Waals surface area contributed by atoms with Crippen LogP contribution in [0, 0.1) is 0 Å². The van der Waals surface area contributed by atoms with E-state index in [2.05, 4.69) is 5.32 Å². The van der Waals surface area contributed by atoms with Gasteiger partial charge in [-0.25, -0.2) is 0 Å². The van der Waals surface area contributed by atoms with Crippen molar-refractivity contribution in [3.05, 3.63) is 0 Å². The second kappa shape index (κ2) is 5.99. The molecule has 1 amide bonds. The van der Waals surface area contributed by atoms with Crippen molar-refractivity contribution in [2.75, 3.05) is 19.8 Å². The Morgan fingerprint density at radius 2 is 2.28 bits per heavy atom. The Labute approximate surface area is 108 Å². The first-order valence-corrected chi connectivity index (χ1v) is 6.87. The van der Waals surface area contributed by atoms with E-state index in [1.165, 1.54) is 0 Å². The lowest BCUT2D eigenvalue weighted by Crippen LogP contribution is -2.54. The van der Waals surface area contributed by atoms with Crippen molar-refractivity contribution in [2.24, 2.45) is 5.73 Å². The summed E-state index contributed by atoms with van der Waals surface area (Å²) in [4.78, 5) is 11.5. The smallest absolute Gasteiger partial charge is 0.237 e. The molecule has 2 atom stereocenters. The number of carbonyl (C=O) groups is 1. The van der Waals surface area contributed by atoms with Gasteiger partial charge in [0.2, 0.25) is 5.91 Å². The van der Waals surface area contributed by atoms with Crippen molar-refractivity contribution >= 4 is 5.91 Å². The molecule has 0 aromatic carbocycles. The van der Waals surface area contributed by atoms with Gasteiger partial charge in [-0.3, -0.25) is 4.79 Å². The van der Waals surface area contributed by atoms with E-state index in [-0.39, 0.29) is 12.0 Å². The maximum Gasteiger partial charge on any atom is 0.237 e.